The molecule has 0 aliphatic heterocycles. The van der Waals surface area contributed by atoms with Gasteiger partial charge in [-0.1, -0.05) is 54.6 Å². The first-order valence-electron chi connectivity index (χ1n) is 9.21. The van der Waals surface area contributed by atoms with Crippen LogP contribution in [0.2, 0.25) is 0 Å². The lowest BCUT2D eigenvalue weighted by Crippen LogP contribution is -2.23. The van der Waals surface area contributed by atoms with E-state index in [1.54, 1.807) is 0 Å². The zero-order valence-electron chi connectivity index (χ0n) is 15.9. The topological polar surface area (TPSA) is 104 Å². The molecule has 7 nitrogen and oxygen atoms in total. The van der Waals surface area contributed by atoms with Crippen molar-refractivity contribution in [3.63, 3.8) is 0 Å². The first-order chi connectivity index (χ1) is 14.6. The normalized spacial score (nSPS) is 10.4. The van der Waals surface area contributed by atoms with Gasteiger partial charge >= 0.3 is 0 Å². The van der Waals surface area contributed by atoms with E-state index < -0.39 is 0 Å². The van der Waals surface area contributed by atoms with Gasteiger partial charge in [0.1, 0.15) is 6.07 Å². The number of amides is 1. The summed E-state index contributed by atoms with van der Waals surface area (Å²) >= 11 is 0. The van der Waals surface area contributed by atoms with Gasteiger partial charge in [-0.25, -0.2) is 9.67 Å². The van der Waals surface area contributed by atoms with Crippen LogP contribution in [0.25, 0.3) is 16.9 Å². The number of carbonyl (C=O) groups excluding carboxylic acids is 1. The van der Waals surface area contributed by atoms with Crippen molar-refractivity contribution >= 4 is 5.91 Å². The summed E-state index contributed by atoms with van der Waals surface area (Å²) in [6.07, 6.45) is 4.17. The van der Waals surface area contributed by atoms with E-state index in [1.807, 2.05) is 60.7 Å². The van der Waals surface area contributed by atoms with Gasteiger partial charge < -0.3 is 10.4 Å². The van der Waals surface area contributed by atoms with Gasteiger partial charge in [-0.3, -0.25) is 4.79 Å². The molecule has 2 aromatic carbocycles. The molecule has 0 atom stereocenters. The molecule has 2 aromatic heterocycles. The zero-order chi connectivity index (χ0) is 20.9. The Morgan fingerprint density at radius 2 is 1.80 bits per heavy atom. The van der Waals surface area contributed by atoms with E-state index in [9.17, 15) is 9.90 Å². The molecule has 30 heavy (non-hydrogen) atoms. The van der Waals surface area contributed by atoms with Crippen LogP contribution in [0.4, 0.5) is 0 Å². The second-order valence-corrected chi connectivity index (χ2v) is 6.60. The highest BCUT2D eigenvalue weighted by Gasteiger charge is 2.13. The number of carbonyl (C=O) groups is 1. The predicted molar refractivity (Wildman–Crippen MR) is 111 cm³/mol. The highest BCUT2D eigenvalue weighted by atomic mass is 16.3. The first-order valence-corrected chi connectivity index (χ1v) is 9.21. The van der Waals surface area contributed by atoms with Crippen LogP contribution in [-0.2, 0) is 6.54 Å². The molecular formula is C23H17N5O2. The summed E-state index contributed by atoms with van der Waals surface area (Å²) in [6, 6.07) is 21.3. The molecule has 4 rings (SSSR count). The van der Waals surface area contributed by atoms with Crippen LogP contribution >= 0.6 is 0 Å². The average Bonchev–Trinajstić information content (AvgIpc) is 3.27. The summed E-state index contributed by atoms with van der Waals surface area (Å²) in [5.41, 5.74) is 3.76. The van der Waals surface area contributed by atoms with Gasteiger partial charge in [0.15, 0.2) is 11.6 Å². The quantitative estimate of drug-likeness (QED) is 0.539. The largest absolute Gasteiger partial charge is 0.504 e. The van der Waals surface area contributed by atoms with Crippen LogP contribution in [0.1, 0.15) is 21.5 Å². The van der Waals surface area contributed by atoms with Crippen LogP contribution in [-0.4, -0.2) is 25.8 Å². The van der Waals surface area contributed by atoms with Crippen LogP contribution in [0, 0.1) is 11.3 Å². The molecule has 0 saturated heterocycles. The number of aromatic nitrogens is 3. The van der Waals surface area contributed by atoms with Crippen molar-refractivity contribution in [2.24, 2.45) is 0 Å². The maximum atomic E-state index is 12.4. The van der Waals surface area contributed by atoms with Gasteiger partial charge in [-0.15, -0.1) is 0 Å². The lowest BCUT2D eigenvalue weighted by Gasteiger charge is -2.08. The molecule has 1 amide bonds. The molecule has 4 aromatic rings. The third-order valence-corrected chi connectivity index (χ3v) is 4.55. The zero-order valence-corrected chi connectivity index (χ0v) is 15.9. The number of rotatable bonds is 5. The number of hydrogen-bond acceptors (Lipinski definition) is 5. The fourth-order valence-electron chi connectivity index (χ4n) is 2.97. The summed E-state index contributed by atoms with van der Waals surface area (Å²) in [6.45, 7) is 0.348. The minimum absolute atomic E-state index is 0.143. The van der Waals surface area contributed by atoms with Crippen molar-refractivity contribution in [3.8, 4) is 28.8 Å². The van der Waals surface area contributed by atoms with Crippen molar-refractivity contribution in [1.29, 1.82) is 5.26 Å². The van der Waals surface area contributed by atoms with E-state index in [0.717, 1.165) is 16.7 Å². The minimum atomic E-state index is -0.352. The van der Waals surface area contributed by atoms with E-state index in [4.69, 9.17) is 5.26 Å². The fourth-order valence-corrected chi connectivity index (χ4v) is 2.97. The van der Waals surface area contributed by atoms with Crippen LogP contribution < -0.4 is 5.32 Å². The molecule has 2 heterocycles. The number of benzene rings is 2. The summed E-state index contributed by atoms with van der Waals surface area (Å²) < 4.78 is 1.28. The molecule has 0 bridgehead atoms. The average molecular weight is 395 g/mol. The van der Waals surface area contributed by atoms with Gasteiger partial charge in [0.2, 0.25) is 0 Å². The summed E-state index contributed by atoms with van der Waals surface area (Å²) in [5.74, 6) is -0.415. The smallest absolute Gasteiger partial charge is 0.253 e. The van der Waals surface area contributed by atoms with Crippen LogP contribution in [0.5, 0.6) is 5.75 Å². The van der Waals surface area contributed by atoms with Crippen molar-refractivity contribution in [1.82, 2.24) is 20.1 Å². The summed E-state index contributed by atoms with van der Waals surface area (Å²) in [5, 5.41) is 25.9. The highest BCUT2D eigenvalue weighted by Crippen LogP contribution is 2.21. The molecule has 0 aliphatic carbocycles. The van der Waals surface area contributed by atoms with Gasteiger partial charge in [-0.05, 0) is 22.8 Å². The molecule has 0 saturated carbocycles. The second-order valence-electron chi connectivity index (χ2n) is 6.60. The van der Waals surface area contributed by atoms with Crippen LogP contribution in [0.3, 0.4) is 0 Å². The summed E-state index contributed by atoms with van der Waals surface area (Å²) in [4.78, 5) is 16.5. The van der Waals surface area contributed by atoms with E-state index >= 15 is 0 Å². The lowest BCUT2D eigenvalue weighted by molar-refractivity contribution is 0.0950. The molecule has 0 fully saturated rings. The molecule has 7 heteroatoms. The Balaban J connectivity index is 1.41. The maximum Gasteiger partial charge on any atom is 0.253 e. The van der Waals surface area contributed by atoms with Crippen molar-refractivity contribution < 1.29 is 9.90 Å². The molecule has 0 radical (unpaired) electrons. The number of nitriles is 1. The van der Waals surface area contributed by atoms with Crippen molar-refractivity contribution in [2.45, 2.75) is 6.54 Å². The standard InChI is InChI=1S/C23H17N5O2/c24-11-17-13-27-28(15-17)22-21(29)10-20(14-25-22)23(30)26-12-16-6-8-19(9-7-16)18-4-2-1-3-5-18/h1-10,13-15,29H,12H2,(H,26,30). The Kier molecular flexibility index (Phi) is 5.22. The van der Waals surface area contributed by atoms with Gasteiger partial charge in [-0.2, -0.15) is 10.4 Å². The Morgan fingerprint density at radius 3 is 2.47 bits per heavy atom. The molecule has 0 unspecified atom stereocenters. The Hall–Kier alpha value is -4.44. The van der Waals surface area contributed by atoms with E-state index in [1.165, 1.54) is 29.3 Å². The highest BCUT2D eigenvalue weighted by molar-refractivity contribution is 5.94. The molecule has 146 valence electrons. The van der Waals surface area contributed by atoms with Crippen LogP contribution in [0.15, 0.2) is 79.3 Å². The lowest BCUT2D eigenvalue weighted by atomic mass is 10.0. The molecule has 0 aliphatic rings. The molecule has 0 spiro atoms. The predicted octanol–water partition coefficient (Wildman–Crippen LogP) is 3.44. The molecule has 2 N–H and O–H groups in total. The van der Waals surface area contributed by atoms with Gasteiger partial charge in [0.05, 0.1) is 23.5 Å². The monoisotopic (exact) mass is 395 g/mol. The van der Waals surface area contributed by atoms with E-state index in [0.29, 0.717) is 12.1 Å². The number of aromatic hydroxyl groups is 1. The summed E-state index contributed by atoms with van der Waals surface area (Å²) in [7, 11) is 0. The number of nitrogens with one attached hydrogen (secondary N) is 1. The second kappa shape index (κ2) is 8.29. The third kappa shape index (κ3) is 4.03. The van der Waals surface area contributed by atoms with Gasteiger partial charge in [0.25, 0.3) is 5.91 Å². The minimum Gasteiger partial charge on any atom is -0.504 e. The third-order valence-electron chi connectivity index (χ3n) is 4.55. The van der Waals surface area contributed by atoms with E-state index in [-0.39, 0.29) is 23.0 Å². The Labute approximate surface area is 172 Å². The fraction of sp³-hybridized carbons (Fsp3) is 0.0435. The number of pyridine rings is 1. The Bertz CT molecular complexity index is 1220. The Morgan fingerprint density at radius 1 is 1.07 bits per heavy atom. The first kappa shape index (κ1) is 18.9. The van der Waals surface area contributed by atoms with Crippen molar-refractivity contribution in [2.75, 3.05) is 0 Å². The van der Waals surface area contributed by atoms with Gasteiger partial charge in [0, 0.05) is 12.7 Å². The van der Waals surface area contributed by atoms with Crippen molar-refractivity contribution in [3.05, 3.63) is 95.9 Å². The molecular weight excluding hydrogens is 378 g/mol. The SMILES string of the molecule is N#Cc1cnn(-c2ncc(C(=O)NCc3ccc(-c4ccccc4)cc3)cc2O)c1. The number of hydrogen-bond donors (Lipinski definition) is 2. The number of nitrogens with zero attached hydrogens (tertiary/aromatic N) is 4. The maximum absolute atomic E-state index is 12.4. The van der Waals surface area contributed by atoms with E-state index in [2.05, 4.69) is 15.4 Å².